The van der Waals surface area contributed by atoms with Crippen molar-refractivity contribution in [1.29, 1.82) is 0 Å². The van der Waals surface area contributed by atoms with E-state index in [-0.39, 0.29) is 5.69 Å². The third-order valence-corrected chi connectivity index (χ3v) is 4.64. The van der Waals surface area contributed by atoms with Gasteiger partial charge in [0.25, 0.3) is 0 Å². The summed E-state index contributed by atoms with van der Waals surface area (Å²) in [5.74, 6) is 0. The molecule has 1 N–H and O–H groups in total. The van der Waals surface area contributed by atoms with Gasteiger partial charge in [-0.15, -0.1) is 0 Å². The molecule has 7 heteroatoms. The lowest BCUT2D eigenvalue weighted by atomic mass is 10.0. The van der Waals surface area contributed by atoms with Crippen LogP contribution >= 0.6 is 23.2 Å². The molecule has 0 radical (unpaired) electrons. The van der Waals surface area contributed by atoms with Crippen LogP contribution in [0.25, 0.3) is 11.1 Å². The molecule has 1 saturated heterocycles. The Morgan fingerprint density at radius 2 is 1.58 bits per heavy atom. The van der Waals surface area contributed by atoms with Crippen molar-refractivity contribution in [3.8, 4) is 11.1 Å². The van der Waals surface area contributed by atoms with Crippen LogP contribution < -0.4 is 10.2 Å². The zero-order valence-electron chi connectivity index (χ0n) is 12.6. The minimum Gasteiger partial charge on any atom is -0.368 e. The minimum atomic E-state index is -4.41. The first-order valence-corrected chi connectivity index (χ1v) is 8.25. The highest BCUT2D eigenvalue weighted by Gasteiger charge is 2.35. The standard InChI is InChI=1S/C17H15Cl2F3N2/c18-13-2-1-3-14(19)16(13)11-4-5-12(17(20,21)22)15(10-11)24-8-6-23-7-9-24/h1-5,10,23H,6-9H2. The topological polar surface area (TPSA) is 15.3 Å². The molecule has 0 bridgehead atoms. The van der Waals surface area contributed by atoms with Gasteiger partial charge in [-0.2, -0.15) is 13.2 Å². The number of anilines is 1. The van der Waals surface area contributed by atoms with Gasteiger partial charge < -0.3 is 10.2 Å². The third-order valence-electron chi connectivity index (χ3n) is 4.01. The Labute approximate surface area is 148 Å². The maximum absolute atomic E-state index is 13.4. The summed E-state index contributed by atoms with van der Waals surface area (Å²) in [6, 6.07) is 9.10. The number of piperazine rings is 1. The molecule has 2 aromatic carbocycles. The minimum absolute atomic E-state index is 0.164. The normalized spacial score (nSPS) is 15.6. The van der Waals surface area contributed by atoms with Crippen LogP contribution in [0.15, 0.2) is 36.4 Å². The zero-order chi connectivity index (χ0) is 17.3. The first-order chi connectivity index (χ1) is 11.4. The quantitative estimate of drug-likeness (QED) is 0.787. The first kappa shape index (κ1) is 17.4. The number of hydrogen-bond acceptors (Lipinski definition) is 2. The Balaban J connectivity index is 2.13. The summed E-state index contributed by atoms with van der Waals surface area (Å²) in [7, 11) is 0. The van der Waals surface area contributed by atoms with Gasteiger partial charge in [0.1, 0.15) is 0 Å². The van der Waals surface area contributed by atoms with Crippen LogP contribution in [-0.2, 0) is 6.18 Å². The van der Waals surface area contributed by atoms with Crippen LogP contribution in [0.4, 0.5) is 18.9 Å². The van der Waals surface area contributed by atoms with E-state index in [4.69, 9.17) is 23.2 Å². The molecule has 3 rings (SSSR count). The highest BCUT2D eigenvalue weighted by molar-refractivity contribution is 6.39. The van der Waals surface area contributed by atoms with E-state index in [1.165, 1.54) is 12.1 Å². The molecule has 128 valence electrons. The Bertz CT molecular complexity index is 721. The summed E-state index contributed by atoms with van der Waals surface area (Å²) in [5.41, 5.74) is 0.645. The van der Waals surface area contributed by atoms with Crippen molar-refractivity contribution >= 4 is 28.9 Å². The van der Waals surface area contributed by atoms with Crippen LogP contribution in [0.2, 0.25) is 10.0 Å². The second-order valence-corrected chi connectivity index (χ2v) is 6.38. The van der Waals surface area contributed by atoms with Crippen LogP contribution in [0.5, 0.6) is 0 Å². The molecular formula is C17H15Cl2F3N2. The fraction of sp³-hybridized carbons (Fsp3) is 0.294. The lowest BCUT2D eigenvalue weighted by Gasteiger charge is -2.32. The van der Waals surface area contributed by atoms with Gasteiger partial charge in [0.15, 0.2) is 0 Å². The van der Waals surface area contributed by atoms with Crippen molar-refractivity contribution < 1.29 is 13.2 Å². The lowest BCUT2D eigenvalue weighted by molar-refractivity contribution is -0.137. The van der Waals surface area contributed by atoms with Crippen LogP contribution in [0.3, 0.4) is 0 Å². The van der Waals surface area contributed by atoms with Crippen LogP contribution in [0, 0.1) is 0 Å². The number of alkyl halides is 3. The summed E-state index contributed by atoms with van der Waals surface area (Å²) >= 11 is 12.4. The second-order valence-electron chi connectivity index (χ2n) is 5.56. The van der Waals surface area contributed by atoms with Gasteiger partial charge in [0, 0.05) is 47.5 Å². The van der Waals surface area contributed by atoms with Crippen molar-refractivity contribution in [2.24, 2.45) is 0 Å². The van der Waals surface area contributed by atoms with Gasteiger partial charge in [-0.25, -0.2) is 0 Å². The molecule has 0 aromatic heterocycles. The smallest absolute Gasteiger partial charge is 0.368 e. The number of benzene rings is 2. The van der Waals surface area contributed by atoms with Crippen molar-refractivity contribution in [2.75, 3.05) is 31.1 Å². The van der Waals surface area contributed by atoms with Crippen molar-refractivity contribution in [3.63, 3.8) is 0 Å². The molecule has 0 atom stereocenters. The molecular weight excluding hydrogens is 360 g/mol. The Morgan fingerprint density at radius 1 is 0.958 bits per heavy atom. The monoisotopic (exact) mass is 374 g/mol. The van der Waals surface area contributed by atoms with E-state index in [0.717, 1.165) is 6.07 Å². The van der Waals surface area contributed by atoms with E-state index in [0.29, 0.717) is 47.4 Å². The Kier molecular flexibility index (Phi) is 4.95. The van der Waals surface area contributed by atoms with E-state index >= 15 is 0 Å². The molecule has 0 spiro atoms. The van der Waals surface area contributed by atoms with Gasteiger partial charge in [-0.1, -0.05) is 35.3 Å². The highest BCUT2D eigenvalue weighted by Crippen LogP contribution is 2.41. The highest BCUT2D eigenvalue weighted by atomic mass is 35.5. The largest absolute Gasteiger partial charge is 0.418 e. The van der Waals surface area contributed by atoms with Crippen molar-refractivity contribution in [2.45, 2.75) is 6.18 Å². The Hall–Kier alpha value is -1.43. The van der Waals surface area contributed by atoms with Gasteiger partial charge in [0.05, 0.1) is 5.56 Å². The van der Waals surface area contributed by atoms with E-state index < -0.39 is 11.7 Å². The molecule has 1 aliphatic heterocycles. The number of nitrogens with zero attached hydrogens (tertiary/aromatic N) is 1. The lowest BCUT2D eigenvalue weighted by Crippen LogP contribution is -2.44. The van der Waals surface area contributed by atoms with Crippen LogP contribution in [-0.4, -0.2) is 26.2 Å². The first-order valence-electron chi connectivity index (χ1n) is 7.49. The number of hydrogen-bond donors (Lipinski definition) is 1. The van der Waals surface area contributed by atoms with Crippen LogP contribution in [0.1, 0.15) is 5.56 Å². The molecule has 1 aliphatic rings. The Morgan fingerprint density at radius 3 is 2.17 bits per heavy atom. The van der Waals surface area contributed by atoms with E-state index in [1.807, 2.05) is 0 Å². The summed E-state index contributed by atoms with van der Waals surface area (Å²) in [6.45, 7) is 2.33. The maximum atomic E-state index is 13.4. The number of nitrogens with one attached hydrogen (secondary N) is 1. The number of halogens is 5. The SMILES string of the molecule is FC(F)(F)c1ccc(-c2c(Cl)cccc2Cl)cc1N1CCNCC1. The molecule has 0 aliphatic carbocycles. The molecule has 0 amide bonds. The average Bonchev–Trinajstić information content (AvgIpc) is 2.54. The zero-order valence-corrected chi connectivity index (χ0v) is 14.1. The van der Waals surface area contributed by atoms with E-state index in [1.54, 1.807) is 23.1 Å². The predicted octanol–water partition coefficient (Wildman–Crippen LogP) is 5.09. The number of rotatable bonds is 2. The molecule has 1 heterocycles. The van der Waals surface area contributed by atoms with Gasteiger partial charge >= 0.3 is 6.18 Å². The summed E-state index contributed by atoms with van der Waals surface area (Å²) < 4.78 is 40.2. The second kappa shape index (κ2) is 6.82. The summed E-state index contributed by atoms with van der Waals surface area (Å²) in [6.07, 6.45) is -4.41. The third kappa shape index (κ3) is 3.48. The molecule has 0 saturated carbocycles. The molecule has 2 aromatic rings. The fourth-order valence-electron chi connectivity index (χ4n) is 2.87. The van der Waals surface area contributed by atoms with Crippen molar-refractivity contribution in [3.05, 3.63) is 52.0 Å². The molecule has 0 unspecified atom stereocenters. The van der Waals surface area contributed by atoms with Gasteiger partial charge in [0.2, 0.25) is 0 Å². The van der Waals surface area contributed by atoms with Gasteiger partial charge in [-0.05, 0) is 29.8 Å². The molecule has 2 nitrogen and oxygen atoms in total. The summed E-state index contributed by atoms with van der Waals surface area (Å²) in [5, 5.41) is 3.96. The average molecular weight is 375 g/mol. The van der Waals surface area contributed by atoms with Crippen molar-refractivity contribution in [1.82, 2.24) is 5.32 Å². The molecule has 24 heavy (non-hydrogen) atoms. The van der Waals surface area contributed by atoms with E-state index in [9.17, 15) is 13.2 Å². The maximum Gasteiger partial charge on any atom is 0.418 e. The summed E-state index contributed by atoms with van der Waals surface area (Å²) in [4.78, 5) is 1.74. The van der Waals surface area contributed by atoms with Gasteiger partial charge in [-0.3, -0.25) is 0 Å². The molecule has 1 fully saturated rings. The predicted molar refractivity (Wildman–Crippen MR) is 92.0 cm³/mol. The fourth-order valence-corrected chi connectivity index (χ4v) is 3.48. The van der Waals surface area contributed by atoms with E-state index in [2.05, 4.69) is 5.32 Å².